The number of benzene rings is 1. The molecular formula is C6H5BrN4. The predicted octanol–water partition coefficient (Wildman–Crippen LogP) is 2.97. The first-order valence-electron chi connectivity index (χ1n) is 2.85. The van der Waals surface area contributed by atoms with E-state index in [1.54, 1.807) is 18.2 Å². The molecule has 0 saturated carbocycles. The molecule has 0 atom stereocenters. The van der Waals surface area contributed by atoms with Crippen molar-refractivity contribution in [2.45, 2.75) is 0 Å². The zero-order valence-electron chi connectivity index (χ0n) is 5.53. The second-order valence-corrected chi connectivity index (χ2v) is 2.72. The SMILES string of the molecule is [N-]=[N+]=Nc1c(N)cccc1Br. The quantitative estimate of drug-likeness (QED) is 0.331. The van der Waals surface area contributed by atoms with Crippen LogP contribution in [0.15, 0.2) is 27.8 Å². The standard InChI is InChI=1S/C6H5BrN4/c7-4-2-1-3-5(8)6(4)10-11-9/h1-3H,8H2. The van der Waals surface area contributed by atoms with Gasteiger partial charge in [-0.2, -0.15) is 0 Å². The lowest BCUT2D eigenvalue weighted by molar-refractivity contribution is 1.45. The largest absolute Gasteiger partial charge is 0.398 e. The van der Waals surface area contributed by atoms with E-state index in [0.717, 1.165) is 0 Å². The highest BCUT2D eigenvalue weighted by Crippen LogP contribution is 2.30. The maximum Gasteiger partial charge on any atom is 0.0746 e. The van der Waals surface area contributed by atoms with Gasteiger partial charge in [-0.05, 0) is 17.7 Å². The van der Waals surface area contributed by atoms with Gasteiger partial charge in [0, 0.05) is 15.1 Å². The van der Waals surface area contributed by atoms with E-state index in [2.05, 4.69) is 26.0 Å². The summed E-state index contributed by atoms with van der Waals surface area (Å²) in [5, 5.41) is 3.41. The van der Waals surface area contributed by atoms with Gasteiger partial charge in [0.1, 0.15) is 0 Å². The molecule has 0 heterocycles. The van der Waals surface area contributed by atoms with Crippen molar-refractivity contribution in [2.75, 3.05) is 5.73 Å². The van der Waals surface area contributed by atoms with Crippen LogP contribution in [0.5, 0.6) is 0 Å². The minimum absolute atomic E-state index is 0.440. The van der Waals surface area contributed by atoms with E-state index >= 15 is 0 Å². The first-order chi connectivity index (χ1) is 5.25. The van der Waals surface area contributed by atoms with Crippen LogP contribution in [0.2, 0.25) is 0 Å². The van der Waals surface area contributed by atoms with Crippen LogP contribution in [-0.4, -0.2) is 0 Å². The molecule has 0 saturated heterocycles. The van der Waals surface area contributed by atoms with Gasteiger partial charge in [0.2, 0.25) is 0 Å². The Kier molecular flexibility index (Phi) is 2.36. The Morgan fingerprint density at radius 3 is 2.82 bits per heavy atom. The fourth-order valence-electron chi connectivity index (χ4n) is 0.682. The molecule has 0 amide bonds. The van der Waals surface area contributed by atoms with Crippen LogP contribution >= 0.6 is 15.9 Å². The van der Waals surface area contributed by atoms with Crippen LogP contribution in [0.1, 0.15) is 0 Å². The number of rotatable bonds is 1. The van der Waals surface area contributed by atoms with Crippen molar-refractivity contribution in [3.63, 3.8) is 0 Å². The Bertz CT molecular complexity index is 296. The van der Waals surface area contributed by atoms with Gasteiger partial charge >= 0.3 is 0 Å². The molecule has 1 rings (SSSR count). The summed E-state index contributed by atoms with van der Waals surface area (Å²) in [5.41, 5.74) is 14.6. The summed E-state index contributed by atoms with van der Waals surface area (Å²) in [4.78, 5) is 2.64. The summed E-state index contributed by atoms with van der Waals surface area (Å²) < 4.78 is 0.704. The van der Waals surface area contributed by atoms with Gasteiger partial charge in [-0.1, -0.05) is 27.1 Å². The van der Waals surface area contributed by atoms with Crippen LogP contribution in [-0.2, 0) is 0 Å². The lowest BCUT2D eigenvalue weighted by Crippen LogP contribution is -1.84. The van der Waals surface area contributed by atoms with Crippen molar-refractivity contribution >= 4 is 27.3 Å². The number of anilines is 1. The second kappa shape index (κ2) is 3.27. The van der Waals surface area contributed by atoms with E-state index < -0.39 is 0 Å². The van der Waals surface area contributed by atoms with Crippen molar-refractivity contribution in [1.29, 1.82) is 0 Å². The molecule has 2 N–H and O–H groups in total. The average molecular weight is 213 g/mol. The van der Waals surface area contributed by atoms with E-state index in [-0.39, 0.29) is 0 Å². The summed E-state index contributed by atoms with van der Waals surface area (Å²) in [6.45, 7) is 0. The lowest BCUT2D eigenvalue weighted by atomic mass is 10.3. The van der Waals surface area contributed by atoms with Gasteiger partial charge in [-0.15, -0.1) is 0 Å². The topological polar surface area (TPSA) is 74.8 Å². The van der Waals surface area contributed by atoms with E-state index in [4.69, 9.17) is 11.3 Å². The average Bonchev–Trinajstić information content (AvgIpc) is 1.97. The van der Waals surface area contributed by atoms with Crippen LogP contribution in [0.25, 0.3) is 10.4 Å². The number of nitrogens with zero attached hydrogens (tertiary/aromatic N) is 3. The third-order valence-corrected chi connectivity index (χ3v) is 1.80. The van der Waals surface area contributed by atoms with Crippen LogP contribution < -0.4 is 5.73 Å². The highest BCUT2D eigenvalue weighted by atomic mass is 79.9. The Labute approximate surface area is 71.8 Å². The van der Waals surface area contributed by atoms with Crippen molar-refractivity contribution in [3.05, 3.63) is 33.1 Å². The van der Waals surface area contributed by atoms with Crippen molar-refractivity contribution in [1.82, 2.24) is 0 Å². The number of nitrogen functional groups attached to an aromatic ring is 1. The van der Waals surface area contributed by atoms with Gasteiger partial charge in [-0.3, -0.25) is 0 Å². The minimum atomic E-state index is 0.440. The van der Waals surface area contributed by atoms with Gasteiger partial charge in [0.15, 0.2) is 0 Å². The number of hydrogen-bond donors (Lipinski definition) is 1. The monoisotopic (exact) mass is 212 g/mol. The molecular weight excluding hydrogens is 208 g/mol. The van der Waals surface area contributed by atoms with Crippen LogP contribution in [0.4, 0.5) is 11.4 Å². The van der Waals surface area contributed by atoms with Gasteiger partial charge in [0.25, 0.3) is 0 Å². The zero-order chi connectivity index (χ0) is 8.27. The maximum absolute atomic E-state index is 8.15. The van der Waals surface area contributed by atoms with E-state index in [9.17, 15) is 0 Å². The van der Waals surface area contributed by atoms with Crippen molar-refractivity contribution in [3.8, 4) is 0 Å². The summed E-state index contributed by atoms with van der Waals surface area (Å²) in [7, 11) is 0. The van der Waals surface area contributed by atoms with E-state index in [0.29, 0.717) is 15.8 Å². The third kappa shape index (κ3) is 1.63. The maximum atomic E-state index is 8.15. The summed E-state index contributed by atoms with van der Waals surface area (Å²) in [5.74, 6) is 0. The van der Waals surface area contributed by atoms with Crippen molar-refractivity contribution in [2.24, 2.45) is 5.11 Å². The fraction of sp³-hybridized carbons (Fsp3) is 0. The molecule has 0 bridgehead atoms. The molecule has 0 fully saturated rings. The fourth-order valence-corrected chi connectivity index (χ4v) is 1.14. The van der Waals surface area contributed by atoms with Gasteiger partial charge in [-0.25, -0.2) is 0 Å². The second-order valence-electron chi connectivity index (χ2n) is 1.87. The molecule has 56 valence electrons. The summed E-state index contributed by atoms with van der Waals surface area (Å²) >= 11 is 3.20. The normalized spacial score (nSPS) is 8.82. The first-order valence-corrected chi connectivity index (χ1v) is 3.64. The molecule has 0 unspecified atom stereocenters. The number of halogens is 1. The molecule has 11 heavy (non-hydrogen) atoms. The van der Waals surface area contributed by atoms with Crippen molar-refractivity contribution < 1.29 is 0 Å². The number of hydrogen-bond acceptors (Lipinski definition) is 2. The number of nitrogens with two attached hydrogens (primary N) is 1. The first kappa shape index (κ1) is 7.91. The molecule has 0 aromatic heterocycles. The minimum Gasteiger partial charge on any atom is -0.398 e. The molecule has 0 aliphatic rings. The summed E-state index contributed by atoms with van der Waals surface area (Å²) in [6, 6.07) is 5.21. The molecule has 1 aromatic carbocycles. The summed E-state index contributed by atoms with van der Waals surface area (Å²) in [6.07, 6.45) is 0. The predicted molar refractivity (Wildman–Crippen MR) is 47.4 cm³/mol. The Hall–Kier alpha value is -1.19. The molecule has 5 heteroatoms. The molecule has 4 nitrogen and oxygen atoms in total. The molecule has 0 spiro atoms. The Morgan fingerprint density at radius 2 is 2.27 bits per heavy atom. The molecule has 0 aliphatic heterocycles. The van der Waals surface area contributed by atoms with Crippen LogP contribution in [0, 0.1) is 0 Å². The lowest BCUT2D eigenvalue weighted by Gasteiger charge is -1.99. The molecule has 0 radical (unpaired) electrons. The molecule has 0 aliphatic carbocycles. The Balaban J connectivity index is 3.31. The smallest absolute Gasteiger partial charge is 0.0746 e. The van der Waals surface area contributed by atoms with Crippen LogP contribution in [0.3, 0.4) is 0 Å². The highest BCUT2D eigenvalue weighted by molar-refractivity contribution is 9.10. The highest BCUT2D eigenvalue weighted by Gasteiger charge is 1.99. The van der Waals surface area contributed by atoms with E-state index in [1.807, 2.05) is 0 Å². The Morgan fingerprint density at radius 1 is 1.55 bits per heavy atom. The zero-order valence-corrected chi connectivity index (χ0v) is 7.12. The number of azide groups is 1. The van der Waals surface area contributed by atoms with Gasteiger partial charge in [0.05, 0.1) is 5.69 Å². The van der Waals surface area contributed by atoms with Gasteiger partial charge < -0.3 is 5.73 Å². The molecule has 1 aromatic rings. The van der Waals surface area contributed by atoms with E-state index in [1.165, 1.54) is 0 Å². The third-order valence-electron chi connectivity index (χ3n) is 1.16.